The summed E-state index contributed by atoms with van der Waals surface area (Å²) in [5.41, 5.74) is 1.28. The Hall–Kier alpha value is -1.48. The molecule has 0 aliphatic rings. The summed E-state index contributed by atoms with van der Waals surface area (Å²) in [5, 5.41) is 4.02. The number of nitrogens with zero attached hydrogens (tertiary/aromatic N) is 1. The quantitative estimate of drug-likeness (QED) is 0.795. The van der Waals surface area contributed by atoms with Gasteiger partial charge in [-0.05, 0) is 36.8 Å². The van der Waals surface area contributed by atoms with Crippen LogP contribution in [-0.4, -0.2) is 10.2 Å². The SMILES string of the molecule is CC(C)Sc1ccc(C(C)Nc2ccccn2)cc1. The highest BCUT2D eigenvalue weighted by molar-refractivity contribution is 7.99. The third-order valence-corrected chi connectivity index (χ3v) is 3.80. The first kappa shape index (κ1) is 13.9. The van der Waals surface area contributed by atoms with E-state index in [9.17, 15) is 0 Å². The van der Waals surface area contributed by atoms with Crippen molar-refractivity contribution in [2.75, 3.05) is 5.32 Å². The van der Waals surface area contributed by atoms with Gasteiger partial charge in [0, 0.05) is 22.4 Å². The van der Waals surface area contributed by atoms with E-state index in [1.807, 2.05) is 30.0 Å². The number of benzene rings is 1. The van der Waals surface area contributed by atoms with Gasteiger partial charge in [-0.25, -0.2) is 4.98 Å². The number of aromatic nitrogens is 1. The van der Waals surface area contributed by atoms with Gasteiger partial charge in [0.05, 0.1) is 0 Å². The highest BCUT2D eigenvalue weighted by Crippen LogP contribution is 2.25. The van der Waals surface area contributed by atoms with Gasteiger partial charge >= 0.3 is 0 Å². The predicted molar refractivity (Wildman–Crippen MR) is 83.7 cm³/mol. The molecule has 2 aromatic rings. The molecule has 0 radical (unpaired) electrons. The third kappa shape index (κ3) is 4.28. The fourth-order valence-electron chi connectivity index (χ4n) is 1.86. The Kier molecular flexibility index (Phi) is 4.86. The second kappa shape index (κ2) is 6.62. The van der Waals surface area contributed by atoms with E-state index in [4.69, 9.17) is 0 Å². The van der Waals surface area contributed by atoms with E-state index in [1.165, 1.54) is 10.5 Å². The van der Waals surface area contributed by atoms with Gasteiger partial charge in [-0.1, -0.05) is 32.0 Å². The van der Waals surface area contributed by atoms with Gasteiger partial charge in [-0.2, -0.15) is 0 Å². The van der Waals surface area contributed by atoms with Crippen LogP contribution in [-0.2, 0) is 0 Å². The Balaban J connectivity index is 2.01. The summed E-state index contributed by atoms with van der Waals surface area (Å²) < 4.78 is 0. The van der Waals surface area contributed by atoms with Crippen molar-refractivity contribution in [3.63, 3.8) is 0 Å². The van der Waals surface area contributed by atoms with Gasteiger partial charge in [0.25, 0.3) is 0 Å². The summed E-state index contributed by atoms with van der Waals surface area (Å²) >= 11 is 1.89. The minimum Gasteiger partial charge on any atom is -0.364 e. The molecule has 0 aliphatic heterocycles. The van der Waals surface area contributed by atoms with E-state index < -0.39 is 0 Å². The molecule has 1 aromatic carbocycles. The molecular formula is C16H20N2S. The topological polar surface area (TPSA) is 24.9 Å². The summed E-state index contributed by atoms with van der Waals surface area (Å²) in [5.74, 6) is 0.913. The minimum absolute atomic E-state index is 0.257. The molecule has 0 spiro atoms. The van der Waals surface area contributed by atoms with Crippen molar-refractivity contribution in [3.8, 4) is 0 Å². The van der Waals surface area contributed by atoms with Gasteiger partial charge < -0.3 is 5.32 Å². The van der Waals surface area contributed by atoms with Crippen molar-refractivity contribution in [2.24, 2.45) is 0 Å². The van der Waals surface area contributed by atoms with Crippen molar-refractivity contribution in [2.45, 2.75) is 37.0 Å². The second-order valence-electron chi connectivity index (χ2n) is 4.82. The van der Waals surface area contributed by atoms with E-state index in [1.54, 1.807) is 6.20 Å². The van der Waals surface area contributed by atoms with Crippen LogP contribution in [0.5, 0.6) is 0 Å². The molecule has 19 heavy (non-hydrogen) atoms. The van der Waals surface area contributed by atoms with Crippen LogP contribution in [0.15, 0.2) is 53.6 Å². The summed E-state index contributed by atoms with van der Waals surface area (Å²) in [7, 11) is 0. The smallest absolute Gasteiger partial charge is 0.126 e. The molecule has 0 amide bonds. The van der Waals surface area contributed by atoms with Crippen molar-refractivity contribution >= 4 is 17.6 Å². The molecule has 1 N–H and O–H groups in total. The van der Waals surface area contributed by atoms with Crippen LogP contribution in [0.25, 0.3) is 0 Å². The van der Waals surface area contributed by atoms with Crippen LogP contribution in [0.2, 0.25) is 0 Å². The van der Waals surface area contributed by atoms with E-state index in [-0.39, 0.29) is 6.04 Å². The Bertz CT molecular complexity index is 494. The number of thioether (sulfide) groups is 1. The highest BCUT2D eigenvalue weighted by Gasteiger charge is 2.06. The Labute approximate surface area is 119 Å². The minimum atomic E-state index is 0.257. The summed E-state index contributed by atoms with van der Waals surface area (Å²) in [4.78, 5) is 5.61. The molecule has 1 atom stereocenters. The lowest BCUT2D eigenvalue weighted by atomic mass is 10.1. The largest absolute Gasteiger partial charge is 0.364 e. The fourth-order valence-corrected chi connectivity index (χ4v) is 2.70. The number of rotatable bonds is 5. The number of hydrogen-bond acceptors (Lipinski definition) is 3. The number of nitrogens with one attached hydrogen (secondary N) is 1. The van der Waals surface area contributed by atoms with Gasteiger partial charge in [0.1, 0.15) is 5.82 Å². The zero-order chi connectivity index (χ0) is 13.7. The molecule has 2 rings (SSSR count). The first-order valence-corrected chi connectivity index (χ1v) is 7.47. The van der Waals surface area contributed by atoms with Crippen molar-refractivity contribution in [3.05, 3.63) is 54.2 Å². The molecular weight excluding hydrogens is 252 g/mol. The highest BCUT2D eigenvalue weighted by atomic mass is 32.2. The van der Waals surface area contributed by atoms with Crippen molar-refractivity contribution in [1.82, 2.24) is 4.98 Å². The van der Waals surface area contributed by atoms with Crippen LogP contribution < -0.4 is 5.32 Å². The van der Waals surface area contributed by atoms with E-state index in [2.05, 4.69) is 55.3 Å². The molecule has 2 nitrogen and oxygen atoms in total. The van der Waals surface area contributed by atoms with Gasteiger partial charge in [-0.15, -0.1) is 11.8 Å². The number of pyridine rings is 1. The second-order valence-corrected chi connectivity index (χ2v) is 6.47. The van der Waals surface area contributed by atoms with Gasteiger partial charge in [0.15, 0.2) is 0 Å². The van der Waals surface area contributed by atoms with Crippen LogP contribution in [0, 0.1) is 0 Å². The molecule has 0 saturated carbocycles. The molecule has 1 heterocycles. The average molecular weight is 272 g/mol. The Morgan fingerprint density at radius 3 is 2.32 bits per heavy atom. The fraction of sp³-hybridized carbons (Fsp3) is 0.312. The van der Waals surface area contributed by atoms with Crippen LogP contribution >= 0.6 is 11.8 Å². The number of hydrogen-bond donors (Lipinski definition) is 1. The standard InChI is InChI=1S/C16H20N2S/c1-12(2)19-15-9-7-14(8-10-15)13(3)18-16-6-4-5-11-17-16/h4-13H,1-3H3,(H,17,18). The summed E-state index contributed by atoms with van der Waals surface area (Å²) in [6.07, 6.45) is 1.80. The molecule has 3 heteroatoms. The first-order chi connectivity index (χ1) is 9.15. The third-order valence-electron chi connectivity index (χ3n) is 2.78. The lowest BCUT2D eigenvalue weighted by molar-refractivity contribution is 0.873. The maximum absolute atomic E-state index is 4.29. The molecule has 1 unspecified atom stereocenters. The summed E-state index contributed by atoms with van der Waals surface area (Å²) in [6, 6.07) is 14.9. The Morgan fingerprint density at radius 2 is 1.74 bits per heavy atom. The lowest BCUT2D eigenvalue weighted by Crippen LogP contribution is -2.07. The summed E-state index contributed by atoms with van der Waals surface area (Å²) in [6.45, 7) is 6.58. The lowest BCUT2D eigenvalue weighted by Gasteiger charge is -2.15. The Morgan fingerprint density at radius 1 is 1.00 bits per heavy atom. The molecule has 0 fully saturated rings. The number of anilines is 1. The average Bonchev–Trinajstić information content (AvgIpc) is 2.40. The van der Waals surface area contributed by atoms with E-state index >= 15 is 0 Å². The molecule has 0 bridgehead atoms. The molecule has 0 saturated heterocycles. The molecule has 100 valence electrons. The van der Waals surface area contributed by atoms with Crippen LogP contribution in [0.3, 0.4) is 0 Å². The van der Waals surface area contributed by atoms with E-state index in [0.29, 0.717) is 5.25 Å². The molecule has 1 aromatic heterocycles. The maximum Gasteiger partial charge on any atom is 0.126 e. The zero-order valence-electron chi connectivity index (χ0n) is 11.6. The van der Waals surface area contributed by atoms with Crippen molar-refractivity contribution in [1.29, 1.82) is 0 Å². The normalized spacial score (nSPS) is 12.4. The predicted octanol–water partition coefficient (Wildman–Crippen LogP) is 4.76. The zero-order valence-corrected chi connectivity index (χ0v) is 12.4. The van der Waals surface area contributed by atoms with E-state index in [0.717, 1.165) is 5.82 Å². The maximum atomic E-state index is 4.29. The van der Waals surface area contributed by atoms with Crippen LogP contribution in [0.1, 0.15) is 32.4 Å². The first-order valence-electron chi connectivity index (χ1n) is 6.59. The van der Waals surface area contributed by atoms with Gasteiger partial charge in [-0.3, -0.25) is 0 Å². The van der Waals surface area contributed by atoms with Crippen molar-refractivity contribution < 1.29 is 0 Å². The van der Waals surface area contributed by atoms with Crippen LogP contribution in [0.4, 0.5) is 5.82 Å². The van der Waals surface area contributed by atoms with Gasteiger partial charge in [0.2, 0.25) is 0 Å². The molecule has 0 aliphatic carbocycles. The monoisotopic (exact) mass is 272 g/mol.